The second kappa shape index (κ2) is 8.06. The first-order chi connectivity index (χ1) is 7.97. The summed E-state index contributed by atoms with van der Waals surface area (Å²) in [6.45, 7) is 5.83. The number of esters is 1. The number of amides is 1. The lowest BCUT2D eigenvalue weighted by Crippen LogP contribution is -2.50. The van der Waals surface area contributed by atoms with Crippen LogP contribution in [-0.2, 0) is 14.3 Å². The molecule has 1 amide bonds. The molecule has 5 nitrogen and oxygen atoms in total. The fraction of sp³-hybridized carbons (Fsp3) is 0.833. The Morgan fingerprint density at radius 3 is 2.35 bits per heavy atom. The Balaban J connectivity index is 4.44. The normalized spacial score (nSPS) is 15.8. The number of rotatable bonds is 7. The van der Waals surface area contributed by atoms with Crippen LogP contribution >= 0.6 is 0 Å². The molecule has 0 heterocycles. The van der Waals surface area contributed by atoms with E-state index in [0.717, 1.165) is 12.8 Å². The molecule has 0 rings (SSSR count). The summed E-state index contributed by atoms with van der Waals surface area (Å²) in [5.41, 5.74) is 5.79. The van der Waals surface area contributed by atoms with Crippen molar-refractivity contribution in [3.8, 4) is 0 Å². The van der Waals surface area contributed by atoms with Gasteiger partial charge in [-0.15, -0.1) is 0 Å². The number of nitrogens with two attached hydrogens (primary N) is 1. The molecule has 100 valence electrons. The van der Waals surface area contributed by atoms with E-state index in [1.165, 1.54) is 7.11 Å². The topological polar surface area (TPSA) is 81.4 Å². The van der Waals surface area contributed by atoms with Gasteiger partial charge in [0.1, 0.15) is 6.04 Å². The highest BCUT2D eigenvalue weighted by Crippen LogP contribution is 2.07. The van der Waals surface area contributed by atoms with Crippen molar-refractivity contribution >= 4 is 11.9 Å². The molecule has 0 aromatic heterocycles. The zero-order valence-corrected chi connectivity index (χ0v) is 11.2. The highest BCUT2D eigenvalue weighted by atomic mass is 16.5. The number of hydrogen-bond donors (Lipinski definition) is 2. The van der Waals surface area contributed by atoms with Crippen molar-refractivity contribution in [2.24, 2.45) is 11.7 Å². The van der Waals surface area contributed by atoms with E-state index in [2.05, 4.69) is 10.1 Å². The summed E-state index contributed by atoms with van der Waals surface area (Å²) in [5, 5.41) is 2.65. The van der Waals surface area contributed by atoms with Crippen LogP contribution in [0.4, 0.5) is 0 Å². The lowest BCUT2D eigenvalue weighted by Gasteiger charge is -2.21. The molecular formula is C12H24N2O3. The number of methoxy groups -OCH3 is 1. The molecule has 0 saturated carbocycles. The summed E-state index contributed by atoms with van der Waals surface area (Å²) in [5.74, 6) is -0.616. The maximum Gasteiger partial charge on any atom is 0.328 e. The number of hydrogen-bond acceptors (Lipinski definition) is 4. The SMILES string of the molecule is CCC[C@H](NC(=O)[C@@H](N)C(C)CC)C(=O)OC. The summed E-state index contributed by atoms with van der Waals surface area (Å²) in [6.07, 6.45) is 2.18. The molecule has 0 aliphatic carbocycles. The van der Waals surface area contributed by atoms with Crippen LogP contribution in [0.25, 0.3) is 0 Å². The van der Waals surface area contributed by atoms with Crippen LogP contribution in [0.2, 0.25) is 0 Å². The summed E-state index contributed by atoms with van der Waals surface area (Å²) < 4.78 is 4.64. The third kappa shape index (κ3) is 5.17. The second-order valence-corrected chi connectivity index (χ2v) is 4.28. The molecule has 0 aromatic rings. The van der Waals surface area contributed by atoms with Gasteiger partial charge < -0.3 is 15.8 Å². The van der Waals surface area contributed by atoms with Crippen molar-refractivity contribution in [3.05, 3.63) is 0 Å². The number of carbonyl (C=O) groups is 2. The minimum absolute atomic E-state index is 0.0925. The highest BCUT2D eigenvalue weighted by Gasteiger charge is 2.25. The summed E-state index contributed by atoms with van der Waals surface area (Å²) in [7, 11) is 1.31. The van der Waals surface area contributed by atoms with Crippen molar-refractivity contribution in [1.82, 2.24) is 5.32 Å². The third-order valence-corrected chi connectivity index (χ3v) is 2.94. The van der Waals surface area contributed by atoms with Gasteiger partial charge in [-0.2, -0.15) is 0 Å². The average molecular weight is 244 g/mol. The molecule has 0 aliphatic heterocycles. The molecular weight excluding hydrogens is 220 g/mol. The first kappa shape index (κ1) is 15.9. The Morgan fingerprint density at radius 1 is 1.35 bits per heavy atom. The fourth-order valence-electron chi connectivity index (χ4n) is 1.46. The van der Waals surface area contributed by atoms with Gasteiger partial charge in [0.2, 0.25) is 5.91 Å². The Labute approximate surface area is 103 Å². The van der Waals surface area contributed by atoms with Crippen LogP contribution < -0.4 is 11.1 Å². The Kier molecular flexibility index (Phi) is 7.54. The Hall–Kier alpha value is -1.10. The molecule has 5 heteroatoms. The first-order valence-corrected chi connectivity index (χ1v) is 6.11. The molecule has 0 fully saturated rings. The summed E-state index contributed by atoms with van der Waals surface area (Å²) >= 11 is 0. The van der Waals surface area contributed by atoms with Crippen LogP contribution in [0.1, 0.15) is 40.0 Å². The molecule has 0 aliphatic rings. The minimum Gasteiger partial charge on any atom is -0.467 e. The molecule has 0 saturated heterocycles. The van der Waals surface area contributed by atoms with Gasteiger partial charge in [0.05, 0.1) is 13.2 Å². The van der Waals surface area contributed by atoms with E-state index < -0.39 is 18.1 Å². The molecule has 17 heavy (non-hydrogen) atoms. The first-order valence-electron chi connectivity index (χ1n) is 6.11. The zero-order chi connectivity index (χ0) is 13.4. The Bertz CT molecular complexity index is 256. The van der Waals surface area contributed by atoms with E-state index >= 15 is 0 Å². The average Bonchev–Trinajstić information content (AvgIpc) is 2.35. The zero-order valence-electron chi connectivity index (χ0n) is 11.2. The van der Waals surface area contributed by atoms with Crippen molar-refractivity contribution in [1.29, 1.82) is 0 Å². The van der Waals surface area contributed by atoms with Gasteiger partial charge in [-0.05, 0) is 12.3 Å². The second-order valence-electron chi connectivity index (χ2n) is 4.28. The van der Waals surface area contributed by atoms with E-state index in [1.54, 1.807) is 0 Å². The third-order valence-electron chi connectivity index (χ3n) is 2.94. The van der Waals surface area contributed by atoms with Gasteiger partial charge in [-0.25, -0.2) is 4.79 Å². The van der Waals surface area contributed by atoms with Crippen molar-refractivity contribution in [2.45, 2.75) is 52.1 Å². The monoisotopic (exact) mass is 244 g/mol. The maximum absolute atomic E-state index is 11.8. The molecule has 0 radical (unpaired) electrons. The van der Waals surface area contributed by atoms with E-state index in [4.69, 9.17) is 5.73 Å². The van der Waals surface area contributed by atoms with E-state index in [0.29, 0.717) is 6.42 Å². The van der Waals surface area contributed by atoms with E-state index in [-0.39, 0.29) is 11.8 Å². The minimum atomic E-state index is -0.590. The maximum atomic E-state index is 11.8. The van der Waals surface area contributed by atoms with Gasteiger partial charge in [0.15, 0.2) is 0 Å². The smallest absolute Gasteiger partial charge is 0.328 e. The molecule has 3 atom stereocenters. The quantitative estimate of drug-likeness (QED) is 0.650. The van der Waals surface area contributed by atoms with Crippen LogP contribution in [-0.4, -0.2) is 31.1 Å². The van der Waals surface area contributed by atoms with Crippen LogP contribution in [0, 0.1) is 5.92 Å². The van der Waals surface area contributed by atoms with E-state index in [9.17, 15) is 9.59 Å². The van der Waals surface area contributed by atoms with Crippen molar-refractivity contribution < 1.29 is 14.3 Å². The predicted octanol–water partition coefficient (Wildman–Crippen LogP) is 0.818. The van der Waals surface area contributed by atoms with Gasteiger partial charge >= 0.3 is 5.97 Å². The number of nitrogens with one attached hydrogen (secondary N) is 1. The standard InChI is InChI=1S/C12H24N2O3/c1-5-7-9(12(16)17-4)14-11(15)10(13)8(3)6-2/h8-10H,5-7,13H2,1-4H3,(H,14,15)/t8?,9-,10-/m0/s1. The largest absolute Gasteiger partial charge is 0.467 e. The van der Waals surface area contributed by atoms with Crippen LogP contribution in [0.5, 0.6) is 0 Å². The molecule has 0 bridgehead atoms. The summed E-state index contributed by atoms with van der Waals surface area (Å²) in [6, 6.07) is -1.17. The highest BCUT2D eigenvalue weighted by molar-refractivity contribution is 5.87. The molecule has 0 aromatic carbocycles. The predicted molar refractivity (Wildman–Crippen MR) is 66.3 cm³/mol. The van der Waals surface area contributed by atoms with Crippen molar-refractivity contribution in [2.75, 3.05) is 7.11 Å². The van der Waals surface area contributed by atoms with Crippen LogP contribution in [0.15, 0.2) is 0 Å². The molecule has 1 unspecified atom stereocenters. The number of ether oxygens (including phenoxy) is 1. The summed E-state index contributed by atoms with van der Waals surface area (Å²) in [4.78, 5) is 23.2. The number of carbonyl (C=O) groups excluding carboxylic acids is 2. The van der Waals surface area contributed by atoms with Gasteiger partial charge in [-0.3, -0.25) is 4.79 Å². The Morgan fingerprint density at radius 2 is 1.94 bits per heavy atom. The van der Waals surface area contributed by atoms with Crippen molar-refractivity contribution in [3.63, 3.8) is 0 Å². The van der Waals surface area contributed by atoms with Crippen LogP contribution in [0.3, 0.4) is 0 Å². The molecule has 3 N–H and O–H groups in total. The van der Waals surface area contributed by atoms with E-state index in [1.807, 2.05) is 20.8 Å². The lowest BCUT2D eigenvalue weighted by atomic mass is 9.99. The fourth-order valence-corrected chi connectivity index (χ4v) is 1.46. The van der Waals surface area contributed by atoms with Gasteiger partial charge in [0, 0.05) is 0 Å². The molecule has 0 spiro atoms. The van der Waals surface area contributed by atoms with Gasteiger partial charge in [0.25, 0.3) is 0 Å². The van der Waals surface area contributed by atoms with Gasteiger partial charge in [-0.1, -0.05) is 33.6 Å². The lowest BCUT2D eigenvalue weighted by molar-refractivity contribution is -0.145.